The highest BCUT2D eigenvalue weighted by Crippen LogP contribution is 2.35. The lowest BCUT2D eigenvalue weighted by Gasteiger charge is -2.33. The quantitative estimate of drug-likeness (QED) is 0.491. The van der Waals surface area contributed by atoms with Crippen LogP contribution in [0.4, 0.5) is 20.4 Å². The van der Waals surface area contributed by atoms with Gasteiger partial charge in [-0.1, -0.05) is 0 Å². The fraction of sp³-hybridized carbons (Fsp3) is 0.462. The monoisotopic (exact) mass is 545 g/mol. The molecule has 5 heterocycles. The first-order chi connectivity index (χ1) is 17.9. The molecule has 1 atom stereocenters. The molecule has 3 aromatic rings. The van der Waals surface area contributed by atoms with Crippen LogP contribution in [0.5, 0.6) is 0 Å². The van der Waals surface area contributed by atoms with Crippen molar-refractivity contribution in [2.75, 3.05) is 42.9 Å². The number of nitrogens with zero attached hydrogens (tertiary/aromatic N) is 6. The molecule has 12 heteroatoms. The Kier molecular flexibility index (Phi) is 7.60. The Bertz CT molecular complexity index is 1330. The van der Waals surface area contributed by atoms with E-state index < -0.39 is 11.6 Å². The molecule has 0 bridgehead atoms. The number of piperidine rings is 1. The van der Waals surface area contributed by atoms with E-state index in [1.54, 1.807) is 6.07 Å². The molecule has 0 spiro atoms. The molecule has 1 amide bonds. The van der Waals surface area contributed by atoms with Crippen LogP contribution in [0.1, 0.15) is 36.6 Å². The molecule has 0 aliphatic carbocycles. The summed E-state index contributed by atoms with van der Waals surface area (Å²) >= 11 is 0. The van der Waals surface area contributed by atoms with Gasteiger partial charge in [-0.25, -0.2) is 23.7 Å². The first-order valence-electron chi connectivity index (χ1n) is 12.8. The zero-order valence-electron chi connectivity index (χ0n) is 20.8. The molecule has 3 aliphatic heterocycles. The number of anilines is 2. The van der Waals surface area contributed by atoms with E-state index >= 15 is 0 Å². The number of carbonyl (C=O) groups is 1. The van der Waals surface area contributed by atoms with Crippen LogP contribution in [0.15, 0.2) is 30.7 Å². The Morgan fingerprint density at radius 2 is 1.87 bits per heavy atom. The van der Waals surface area contributed by atoms with Crippen molar-refractivity contribution < 1.29 is 18.7 Å². The molecular weight excluding hydrogens is 516 g/mol. The molecule has 2 N–H and O–H groups in total. The standard InChI is InChI=1S/C26H29F2N7O2.ClH/c27-20-2-1-17(11-21(20)28)22-14-35(10-9-33-6-5-18(36)13-33)25(31-22)16-3-7-34(8-4-16)26-19-12-23(37)32-24(19)29-15-30-26;/h1-2,11,14-16,18,36H,3-10,12-13H2,(H,29,30,32,37);1H. The van der Waals surface area contributed by atoms with E-state index in [2.05, 4.69) is 29.7 Å². The summed E-state index contributed by atoms with van der Waals surface area (Å²) in [6, 6.07) is 3.88. The second-order valence-electron chi connectivity index (χ2n) is 10.1. The number of carbonyl (C=O) groups excluding carboxylic acids is 1. The van der Waals surface area contributed by atoms with Crippen LogP contribution >= 0.6 is 12.4 Å². The van der Waals surface area contributed by atoms with E-state index in [1.165, 1.54) is 12.4 Å². The number of fused-ring (bicyclic) bond motifs is 1. The minimum atomic E-state index is -0.890. The molecule has 2 saturated heterocycles. The average molecular weight is 546 g/mol. The van der Waals surface area contributed by atoms with Gasteiger partial charge in [0.15, 0.2) is 11.6 Å². The number of halogens is 3. The molecule has 0 radical (unpaired) electrons. The van der Waals surface area contributed by atoms with Gasteiger partial charge in [-0.05, 0) is 37.5 Å². The lowest BCUT2D eigenvalue weighted by atomic mass is 9.95. The number of aromatic nitrogens is 4. The first kappa shape index (κ1) is 26.5. The normalized spacial score (nSPS) is 19.9. The Hall–Kier alpha value is -3.15. The number of nitrogens with one attached hydrogen (secondary N) is 1. The van der Waals surface area contributed by atoms with Crippen molar-refractivity contribution in [1.82, 2.24) is 24.4 Å². The molecule has 1 aromatic carbocycles. The molecule has 2 aromatic heterocycles. The molecule has 2 fully saturated rings. The predicted molar refractivity (Wildman–Crippen MR) is 140 cm³/mol. The van der Waals surface area contributed by atoms with Crippen molar-refractivity contribution in [1.29, 1.82) is 0 Å². The lowest BCUT2D eigenvalue weighted by molar-refractivity contribution is -0.115. The van der Waals surface area contributed by atoms with Crippen LogP contribution in [-0.2, 0) is 17.8 Å². The van der Waals surface area contributed by atoms with Gasteiger partial charge in [0.1, 0.15) is 23.8 Å². The number of aliphatic hydroxyl groups is 1. The predicted octanol–water partition coefficient (Wildman–Crippen LogP) is 2.99. The number of hydrogen-bond donors (Lipinski definition) is 2. The van der Waals surface area contributed by atoms with Crippen molar-refractivity contribution in [2.45, 2.75) is 44.2 Å². The van der Waals surface area contributed by atoms with E-state index in [-0.39, 0.29) is 30.3 Å². The van der Waals surface area contributed by atoms with Gasteiger partial charge in [-0.2, -0.15) is 0 Å². The van der Waals surface area contributed by atoms with Crippen LogP contribution in [0.2, 0.25) is 0 Å². The highest BCUT2D eigenvalue weighted by molar-refractivity contribution is 5.99. The highest BCUT2D eigenvalue weighted by atomic mass is 35.5. The summed E-state index contributed by atoms with van der Waals surface area (Å²) in [5.74, 6) is 0.688. The summed E-state index contributed by atoms with van der Waals surface area (Å²) in [6.07, 6.45) is 5.89. The van der Waals surface area contributed by atoms with Gasteiger partial charge in [0.2, 0.25) is 5.91 Å². The Balaban J connectivity index is 0.00000294. The molecule has 38 heavy (non-hydrogen) atoms. The topological polar surface area (TPSA) is 99.4 Å². The maximum absolute atomic E-state index is 14.0. The van der Waals surface area contributed by atoms with Gasteiger partial charge >= 0.3 is 0 Å². The third kappa shape index (κ3) is 5.23. The van der Waals surface area contributed by atoms with Gasteiger partial charge in [0, 0.05) is 62.5 Å². The lowest BCUT2D eigenvalue weighted by Crippen LogP contribution is -2.35. The number of rotatable bonds is 6. The molecule has 202 valence electrons. The SMILES string of the molecule is Cl.O=C1Cc2c(ncnc2N2CCC(c3nc(-c4ccc(F)c(F)c4)cn3CCN3CCC(O)C3)CC2)N1. The van der Waals surface area contributed by atoms with Gasteiger partial charge in [0.05, 0.1) is 18.2 Å². The minimum absolute atomic E-state index is 0. The van der Waals surface area contributed by atoms with Crippen molar-refractivity contribution in [3.05, 3.63) is 53.7 Å². The van der Waals surface area contributed by atoms with Gasteiger partial charge in [-0.15, -0.1) is 12.4 Å². The molecule has 0 saturated carbocycles. The van der Waals surface area contributed by atoms with Crippen LogP contribution in [0, 0.1) is 11.6 Å². The number of aliphatic hydroxyl groups excluding tert-OH is 1. The van der Waals surface area contributed by atoms with E-state index in [1.807, 2.05) is 6.20 Å². The Morgan fingerprint density at radius 3 is 2.61 bits per heavy atom. The highest BCUT2D eigenvalue weighted by Gasteiger charge is 2.30. The zero-order valence-corrected chi connectivity index (χ0v) is 21.6. The number of hydrogen-bond acceptors (Lipinski definition) is 7. The van der Waals surface area contributed by atoms with Crippen LogP contribution in [-0.4, -0.2) is 74.3 Å². The number of imidazole rings is 1. The summed E-state index contributed by atoms with van der Waals surface area (Å²) in [7, 11) is 0. The summed E-state index contributed by atoms with van der Waals surface area (Å²) in [4.78, 5) is 29.9. The summed E-state index contributed by atoms with van der Waals surface area (Å²) < 4.78 is 29.6. The molecule has 1 unspecified atom stereocenters. The smallest absolute Gasteiger partial charge is 0.230 e. The number of benzene rings is 1. The largest absolute Gasteiger partial charge is 0.392 e. The second kappa shape index (κ2) is 10.9. The van der Waals surface area contributed by atoms with Crippen LogP contribution in [0.3, 0.4) is 0 Å². The minimum Gasteiger partial charge on any atom is -0.392 e. The third-order valence-corrected chi connectivity index (χ3v) is 7.60. The molecule has 9 nitrogen and oxygen atoms in total. The number of amides is 1. The maximum atomic E-state index is 14.0. The van der Waals surface area contributed by atoms with Crippen LogP contribution < -0.4 is 10.2 Å². The number of likely N-dealkylation sites (tertiary alicyclic amines) is 1. The zero-order chi connectivity index (χ0) is 25.5. The van der Waals surface area contributed by atoms with E-state index in [0.717, 1.165) is 68.7 Å². The second-order valence-corrected chi connectivity index (χ2v) is 10.1. The van der Waals surface area contributed by atoms with Crippen molar-refractivity contribution >= 4 is 29.9 Å². The molecule has 3 aliphatic rings. The molecule has 6 rings (SSSR count). The first-order valence-corrected chi connectivity index (χ1v) is 12.8. The van der Waals surface area contributed by atoms with Gasteiger partial charge in [-0.3, -0.25) is 9.69 Å². The Morgan fingerprint density at radius 1 is 1.05 bits per heavy atom. The van der Waals surface area contributed by atoms with Gasteiger partial charge < -0.3 is 19.9 Å². The van der Waals surface area contributed by atoms with Crippen molar-refractivity contribution in [3.8, 4) is 11.3 Å². The number of β-amino-alcohol motifs (C(OH)–C–C–N with tert-alkyl or cyclic N) is 1. The van der Waals surface area contributed by atoms with Crippen molar-refractivity contribution in [3.63, 3.8) is 0 Å². The van der Waals surface area contributed by atoms with E-state index in [9.17, 15) is 18.7 Å². The van der Waals surface area contributed by atoms with E-state index in [0.29, 0.717) is 36.6 Å². The average Bonchev–Trinajstić information content (AvgIpc) is 3.61. The summed E-state index contributed by atoms with van der Waals surface area (Å²) in [5, 5.41) is 12.7. The molecular formula is C26H30ClF2N7O2. The van der Waals surface area contributed by atoms with Gasteiger partial charge in [0.25, 0.3) is 0 Å². The summed E-state index contributed by atoms with van der Waals surface area (Å²) in [5.41, 5.74) is 2.01. The summed E-state index contributed by atoms with van der Waals surface area (Å²) in [6.45, 7) is 4.53. The van der Waals surface area contributed by atoms with Crippen LogP contribution in [0.25, 0.3) is 11.3 Å². The Labute approximate surface area is 225 Å². The maximum Gasteiger partial charge on any atom is 0.230 e. The fourth-order valence-corrected chi connectivity index (χ4v) is 5.63. The third-order valence-electron chi connectivity index (χ3n) is 7.60. The van der Waals surface area contributed by atoms with Crippen molar-refractivity contribution in [2.24, 2.45) is 0 Å². The van der Waals surface area contributed by atoms with E-state index in [4.69, 9.17) is 4.98 Å². The fourth-order valence-electron chi connectivity index (χ4n) is 5.63.